The second-order valence-electron chi connectivity index (χ2n) is 10.6. The molecule has 0 aromatic heterocycles. The molecular formula is C34H31N3O4S. The molecule has 2 aliphatic heterocycles. The number of anilines is 2. The molecule has 4 aromatic rings. The monoisotopic (exact) mass is 577 g/mol. The Morgan fingerprint density at radius 3 is 2.17 bits per heavy atom. The van der Waals surface area contributed by atoms with Gasteiger partial charge in [-0.2, -0.15) is 10.1 Å². The van der Waals surface area contributed by atoms with Crippen LogP contribution in [-0.2, 0) is 14.8 Å². The van der Waals surface area contributed by atoms with Crippen molar-refractivity contribution in [3.8, 4) is 5.75 Å². The van der Waals surface area contributed by atoms with E-state index in [1.165, 1.54) is 9.31 Å². The number of amides is 1. The fourth-order valence-electron chi connectivity index (χ4n) is 6.31. The van der Waals surface area contributed by atoms with Crippen LogP contribution < -0.4 is 14.1 Å². The molecule has 2 heterocycles. The largest absolute Gasteiger partial charge is 0.497 e. The van der Waals surface area contributed by atoms with Crippen LogP contribution in [0.4, 0.5) is 11.4 Å². The van der Waals surface area contributed by atoms with Crippen molar-refractivity contribution >= 4 is 33.0 Å². The number of carbonyl (C=O) groups excluding carboxylic acids is 1. The number of aryl methyl sites for hydroxylation is 1. The molecule has 7 nitrogen and oxygen atoms in total. The number of hydrogen-bond acceptors (Lipinski definition) is 5. The third kappa shape index (κ3) is 3.97. The van der Waals surface area contributed by atoms with Gasteiger partial charge in [0.1, 0.15) is 11.2 Å². The van der Waals surface area contributed by atoms with E-state index in [4.69, 9.17) is 9.84 Å². The van der Waals surface area contributed by atoms with E-state index in [-0.39, 0.29) is 10.8 Å². The number of carbonyl (C=O) groups is 1. The number of hydrogen-bond donors (Lipinski definition) is 0. The van der Waals surface area contributed by atoms with Crippen molar-refractivity contribution in [2.45, 2.75) is 30.7 Å². The number of sulfonamides is 1. The first-order valence-electron chi connectivity index (χ1n) is 13.7. The standard InChI is InChI=1S/C34H31N3O4S/c1-5-30-29-22-27(41-4)18-21-31(29)37(42(39,40)28-19-16-23(2)17-20-28)32(25-12-8-6-9-13-25)34(30)24(3)35-36(33(34)38)26-14-10-7-11-15-26/h5-22,30,32H,1H2,2-4H3/t30-,32-,34+/m0/s1. The fraction of sp³-hybridized carbons (Fsp3) is 0.176. The molecule has 1 spiro atoms. The van der Waals surface area contributed by atoms with Gasteiger partial charge in [-0.3, -0.25) is 9.10 Å². The summed E-state index contributed by atoms with van der Waals surface area (Å²) in [6.07, 6.45) is 1.73. The molecule has 0 radical (unpaired) electrons. The molecule has 2 aliphatic rings. The SMILES string of the molecule is C=C[C@H]1c2cc(OC)ccc2N(S(=O)(=O)c2ccc(C)cc2)[C@@H](c2ccccc2)[C@]12C(=O)N(c1ccccc1)N=C2C. The summed E-state index contributed by atoms with van der Waals surface area (Å²) in [7, 11) is -2.64. The van der Waals surface area contributed by atoms with E-state index in [9.17, 15) is 13.2 Å². The molecule has 6 rings (SSSR count). The van der Waals surface area contributed by atoms with Crippen molar-refractivity contribution in [2.75, 3.05) is 16.4 Å². The Morgan fingerprint density at radius 2 is 1.55 bits per heavy atom. The number of nitrogens with zero attached hydrogens (tertiary/aromatic N) is 3. The molecule has 0 bridgehead atoms. The molecular weight excluding hydrogens is 546 g/mol. The minimum Gasteiger partial charge on any atom is -0.497 e. The van der Waals surface area contributed by atoms with E-state index in [1.807, 2.05) is 67.6 Å². The van der Waals surface area contributed by atoms with Gasteiger partial charge in [-0.25, -0.2) is 8.42 Å². The van der Waals surface area contributed by atoms with Crippen LogP contribution in [0.2, 0.25) is 0 Å². The van der Waals surface area contributed by atoms with Gasteiger partial charge in [-0.05, 0) is 67.4 Å². The van der Waals surface area contributed by atoms with Gasteiger partial charge in [0, 0.05) is 5.92 Å². The Bertz CT molecular complexity index is 1810. The maximum absolute atomic E-state index is 15.0. The molecule has 42 heavy (non-hydrogen) atoms. The topological polar surface area (TPSA) is 79.3 Å². The van der Waals surface area contributed by atoms with E-state index in [1.54, 1.807) is 62.6 Å². The first-order valence-corrected chi connectivity index (χ1v) is 15.1. The minimum atomic E-state index is -4.20. The highest BCUT2D eigenvalue weighted by Gasteiger charge is 2.65. The Hall–Kier alpha value is -4.69. The number of para-hydroxylation sites is 1. The quantitative estimate of drug-likeness (QED) is 0.241. The second-order valence-corrected chi connectivity index (χ2v) is 12.4. The Kier molecular flexibility index (Phi) is 6.74. The Balaban J connectivity index is 1.71. The fourth-order valence-corrected chi connectivity index (χ4v) is 8.01. The van der Waals surface area contributed by atoms with Crippen LogP contribution in [0.15, 0.2) is 126 Å². The highest BCUT2D eigenvalue weighted by molar-refractivity contribution is 7.92. The highest BCUT2D eigenvalue weighted by atomic mass is 32.2. The van der Waals surface area contributed by atoms with Crippen LogP contribution >= 0.6 is 0 Å². The zero-order valence-corrected chi connectivity index (χ0v) is 24.5. The Labute approximate surface area is 246 Å². The third-order valence-corrected chi connectivity index (χ3v) is 10.1. The highest BCUT2D eigenvalue weighted by Crippen LogP contribution is 2.61. The van der Waals surface area contributed by atoms with Crippen molar-refractivity contribution in [1.82, 2.24) is 0 Å². The van der Waals surface area contributed by atoms with Crippen molar-refractivity contribution in [3.63, 3.8) is 0 Å². The summed E-state index contributed by atoms with van der Waals surface area (Å²) in [6.45, 7) is 7.88. The van der Waals surface area contributed by atoms with Gasteiger partial charge in [0.05, 0.1) is 35.1 Å². The molecule has 0 saturated heterocycles. The second kappa shape index (κ2) is 10.3. The van der Waals surface area contributed by atoms with Crippen molar-refractivity contribution < 1.29 is 17.9 Å². The maximum atomic E-state index is 15.0. The molecule has 0 fully saturated rings. The van der Waals surface area contributed by atoms with Crippen molar-refractivity contribution in [1.29, 1.82) is 0 Å². The van der Waals surface area contributed by atoms with E-state index >= 15 is 0 Å². The smallest absolute Gasteiger partial charge is 0.264 e. The lowest BCUT2D eigenvalue weighted by Crippen LogP contribution is -2.57. The van der Waals surface area contributed by atoms with Gasteiger partial charge in [-0.1, -0.05) is 72.3 Å². The van der Waals surface area contributed by atoms with Crippen LogP contribution in [0.25, 0.3) is 0 Å². The lowest BCUT2D eigenvalue weighted by molar-refractivity contribution is -0.125. The van der Waals surface area contributed by atoms with Gasteiger partial charge in [0.15, 0.2) is 0 Å². The average molecular weight is 578 g/mol. The number of methoxy groups -OCH3 is 1. The first-order chi connectivity index (χ1) is 20.2. The molecule has 0 N–H and O–H groups in total. The van der Waals surface area contributed by atoms with Crippen LogP contribution in [0.1, 0.15) is 35.6 Å². The van der Waals surface area contributed by atoms with Gasteiger partial charge >= 0.3 is 0 Å². The number of allylic oxidation sites excluding steroid dienone is 1. The molecule has 212 valence electrons. The maximum Gasteiger partial charge on any atom is 0.264 e. The van der Waals surface area contributed by atoms with E-state index in [0.29, 0.717) is 34.0 Å². The lowest BCUT2D eigenvalue weighted by atomic mass is 9.60. The summed E-state index contributed by atoms with van der Waals surface area (Å²) in [6, 6.07) is 29.6. The summed E-state index contributed by atoms with van der Waals surface area (Å²) >= 11 is 0. The zero-order chi connectivity index (χ0) is 29.6. The number of fused-ring (bicyclic) bond motifs is 1. The van der Waals surface area contributed by atoms with Gasteiger partial charge in [0.2, 0.25) is 0 Å². The van der Waals surface area contributed by atoms with Gasteiger partial charge < -0.3 is 4.74 Å². The number of ether oxygens (including phenoxy) is 1. The molecule has 3 atom stereocenters. The van der Waals surface area contributed by atoms with E-state index in [0.717, 1.165) is 5.56 Å². The summed E-state index contributed by atoms with van der Waals surface area (Å²) < 4.78 is 36.6. The lowest BCUT2D eigenvalue weighted by Gasteiger charge is -2.51. The summed E-state index contributed by atoms with van der Waals surface area (Å²) in [5.74, 6) is -0.411. The van der Waals surface area contributed by atoms with Crippen LogP contribution in [-0.4, -0.2) is 27.1 Å². The number of rotatable bonds is 6. The van der Waals surface area contributed by atoms with Crippen molar-refractivity contribution in [2.24, 2.45) is 10.5 Å². The van der Waals surface area contributed by atoms with Gasteiger partial charge in [-0.15, -0.1) is 6.58 Å². The van der Waals surface area contributed by atoms with Crippen LogP contribution in [0, 0.1) is 12.3 Å². The molecule has 0 aliphatic carbocycles. The number of benzene rings is 4. The van der Waals surface area contributed by atoms with Crippen molar-refractivity contribution in [3.05, 3.63) is 132 Å². The molecule has 1 amide bonds. The molecule has 0 unspecified atom stereocenters. The van der Waals surface area contributed by atoms with Crippen LogP contribution in [0.5, 0.6) is 5.75 Å². The summed E-state index contributed by atoms with van der Waals surface area (Å²) in [4.78, 5) is 15.1. The van der Waals surface area contributed by atoms with Gasteiger partial charge in [0.25, 0.3) is 15.9 Å². The normalized spacial score (nSPS) is 21.7. The molecule has 0 saturated carbocycles. The predicted octanol–water partition coefficient (Wildman–Crippen LogP) is 6.63. The Morgan fingerprint density at radius 1 is 0.905 bits per heavy atom. The summed E-state index contributed by atoms with van der Waals surface area (Å²) in [5, 5.41) is 6.20. The minimum absolute atomic E-state index is 0.128. The average Bonchev–Trinajstić information content (AvgIpc) is 3.27. The summed E-state index contributed by atoms with van der Waals surface area (Å²) in [5.41, 5.74) is 2.32. The molecule has 4 aromatic carbocycles. The molecule has 8 heteroatoms. The third-order valence-electron chi connectivity index (χ3n) is 8.29. The predicted molar refractivity (Wildman–Crippen MR) is 165 cm³/mol. The van der Waals surface area contributed by atoms with Crippen LogP contribution in [0.3, 0.4) is 0 Å². The number of hydrazone groups is 1. The van der Waals surface area contributed by atoms with E-state index in [2.05, 4.69) is 6.58 Å². The zero-order valence-electron chi connectivity index (χ0n) is 23.6. The first kappa shape index (κ1) is 27.5. The van der Waals surface area contributed by atoms with E-state index < -0.39 is 27.4 Å².